The predicted octanol–water partition coefficient (Wildman–Crippen LogP) is 1.14. The summed E-state index contributed by atoms with van der Waals surface area (Å²) in [6.45, 7) is 6.70. The summed E-state index contributed by atoms with van der Waals surface area (Å²) in [5.41, 5.74) is 2.53. The first-order chi connectivity index (χ1) is 7.43. The van der Waals surface area contributed by atoms with Gasteiger partial charge < -0.3 is 10.0 Å². The minimum atomic E-state index is -0.627. The molecule has 2 rings (SSSR count). The van der Waals surface area contributed by atoms with Gasteiger partial charge in [-0.25, -0.2) is 0 Å². The van der Waals surface area contributed by atoms with Crippen LogP contribution < -0.4 is 4.90 Å². The lowest BCUT2D eigenvalue weighted by atomic mass is 9.95. The molecule has 1 fully saturated rings. The predicted molar refractivity (Wildman–Crippen MR) is 61.3 cm³/mol. The van der Waals surface area contributed by atoms with Crippen molar-refractivity contribution in [1.82, 2.24) is 4.98 Å². The number of nitriles is 1. The number of hydrogen-bond acceptors (Lipinski definition) is 4. The van der Waals surface area contributed by atoms with Gasteiger partial charge in [0.15, 0.2) is 0 Å². The van der Waals surface area contributed by atoms with E-state index in [-0.39, 0.29) is 0 Å². The number of anilines is 1. The summed E-state index contributed by atoms with van der Waals surface area (Å²) in [7, 11) is 0. The van der Waals surface area contributed by atoms with Gasteiger partial charge in [-0.3, -0.25) is 4.98 Å². The van der Waals surface area contributed by atoms with E-state index in [9.17, 15) is 5.11 Å². The second-order valence-electron chi connectivity index (χ2n) is 4.71. The lowest BCUT2D eigenvalue weighted by molar-refractivity contribution is 0.0310. The minimum absolute atomic E-state index is 0.574. The standard InChI is InChI=1S/C12H15N3O/c1-8-4-11(10(5-13)9(2)14-8)15-6-12(3,16)7-15/h4,16H,6-7H2,1-3H3. The Kier molecular flexibility index (Phi) is 2.36. The molecular formula is C12H15N3O. The molecule has 84 valence electrons. The molecular weight excluding hydrogens is 202 g/mol. The quantitative estimate of drug-likeness (QED) is 0.766. The van der Waals surface area contributed by atoms with Crippen molar-refractivity contribution >= 4 is 5.69 Å². The summed E-state index contributed by atoms with van der Waals surface area (Å²) in [4.78, 5) is 6.28. The zero-order valence-electron chi connectivity index (χ0n) is 9.78. The van der Waals surface area contributed by atoms with Gasteiger partial charge in [-0.15, -0.1) is 0 Å². The van der Waals surface area contributed by atoms with E-state index in [0.717, 1.165) is 17.1 Å². The van der Waals surface area contributed by atoms with E-state index in [0.29, 0.717) is 18.7 Å². The fourth-order valence-electron chi connectivity index (χ4n) is 2.14. The Morgan fingerprint density at radius 3 is 2.62 bits per heavy atom. The number of pyridine rings is 1. The molecule has 16 heavy (non-hydrogen) atoms. The van der Waals surface area contributed by atoms with E-state index in [1.165, 1.54) is 0 Å². The van der Waals surface area contributed by atoms with Crippen LogP contribution in [0.15, 0.2) is 6.07 Å². The summed E-state index contributed by atoms with van der Waals surface area (Å²) < 4.78 is 0. The molecule has 1 saturated heterocycles. The molecule has 0 aliphatic carbocycles. The van der Waals surface area contributed by atoms with Gasteiger partial charge in [-0.2, -0.15) is 5.26 Å². The molecule has 0 bridgehead atoms. The molecule has 4 nitrogen and oxygen atoms in total. The number of aromatic nitrogens is 1. The number of rotatable bonds is 1. The summed E-state index contributed by atoms with van der Waals surface area (Å²) in [5, 5.41) is 18.8. The van der Waals surface area contributed by atoms with Crippen LogP contribution in [-0.2, 0) is 0 Å². The van der Waals surface area contributed by atoms with Crippen molar-refractivity contribution in [1.29, 1.82) is 5.26 Å². The third-order valence-electron chi connectivity index (χ3n) is 2.82. The molecule has 1 aromatic heterocycles. The fourth-order valence-corrected chi connectivity index (χ4v) is 2.14. The number of hydrogen-bond donors (Lipinski definition) is 1. The van der Waals surface area contributed by atoms with Crippen molar-refractivity contribution in [3.05, 3.63) is 23.0 Å². The highest BCUT2D eigenvalue weighted by molar-refractivity contribution is 5.63. The van der Waals surface area contributed by atoms with Gasteiger partial charge >= 0.3 is 0 Å². The number of nitrogens with zero attached hydrogens (tertiary/aromatic N) is 3. The monoisotopic (exact) mass is 217 g/mol. The van der Waals surface area contributed by atoms with Crippen LogP contribution in [0.1, 0.15) is 23.9 Å². The molecule has 0 radical (unpaired) electrons. The van der Waals surface area contributed by atoms with Crippen LogP contribution in [0.3, 0.4) is 0 Å². The fraction of sp³-hybridized carbons (Fsp3) is 0.500. The summed E-state index contributed by atoms with van der Waals surface area (Å²) in [5.74, 6) is 0. The lowest BCUT2D eigenvalue weighted by Gasteiger charge is -2.46. The Labute approximate surface area is 95.1 Å². The van der Waals surface area contributed by atoms with Crippen molar-refractivity contribution in [2.45, 2.75) is 26.4 Å². The van der Waals surface area contributed by atoms with Crippen LogP contribution in [0.5, 0.6) is 0 Å². The lowest BCUT2D eigenvalue weighted by Crippen LogP contribution is -2.60. The van der Waals surface area contributed by atoms with Crippen molar-refractivity contribution in [2.24, 2.45) is 0 Å². The highest BCUT2D eigenvalue weighted by Crippen LogP contribution is 2.31. The molecule has 4 heteroatoms. The smallest absolute Gasteiger partial charge is 0.103 e. The normalized spacial score (nSPS) is 17.8. The molecule has 1 aliphatic rings. The highest BCUT2D eigenvalue weighted by atomic mass is 16.3. The third-order valence-corrected chi connectivity index (χ3v) is 2.82. The van der Waals surface area contributed by atoms with E-state index in [2.05, 4.69) is 11.1 Å². The first-order valence-corrected chi connectivity index (χ1v) is 5.28. The molecule has 1 aliphatic heterocycles. The largest absolute Gasteiger partial charge is 0.386 e. The summed E-state index contributed by atoms with van der Waals surface area (Å²) >= 11 is 0. The Hall–Kier alpha value is -1.60. The molecule has 1 aromatic rings. The molecule has 0 unspecified atom stereocenters. The van der Waals surface area contributed by atoms with Crippen LogP contribution in [0, 0.1) is 25.2 Å². The number of aliphatic hydroxyl groups is 1. The van der Waals surface area contributed by atoms with Crippen LogP contribution in [0.25, 0.3) is 0 Å². The second kappa shape index (κ2) is 3.46. The Bertz CT molecular complexity index is 466. The highest BCUT2D eigenvalue weighted by Gasteiger charge is 2.37. The van der Waals surface area contributed by atoms with Gasteiger partial charge in [-0.1, -0.05) is 0 Å². The van der Waals surface area contributed by atoms with Gasteiger partial charge in [0.05, 0.1) is 22.5 Å². The third kappa shape index (κ3) is 1.74. The topological polar surface area (TPSA) is 60.1 Å². The minimum Gasteiger partial charge on any atom is -0.386 e. The van der Waals surface area contributed by atoms with Gasteiger partial charge in [0.1, 0.15) is 6.07 Å². The van der Waals surface area contributed by atoms with Crippen LogP contribution in [0.4, 0.5) is 5.69 Å². The van der Waals surface area contributed by atoms with E-state index in [1.807, 2.05) is 24.8 Å². The summed E-state index contributed by atoms with van der Waals surface area (Å²) in [6, 6.07) is 4.09. The van der Waals surface area contributed by atoms with Gasteiger partial charge in [-0.05, 0) is 26.8 Å². The van der Waals surface area contributed by atoms with Crippen LogP contribution in [-0.4, -0.2) is 28.8 Å². The molecule has 0 spiro atoms. The SMILES string of the molecule is Cc1cc(N2CC(C)(O)C2)c(C#N)c(C)n1. The molecule has 1 N–H and O–H groups in total. The molecule has 0 saturated carbocycles. The Balaban J connectivity index is 2.38. The molecule has 0 amide bonds. The van der Waals surface area contributed by atoms with E-state index >= 15 is 0 Å². The van der Waals surface area contributed by atoms with E-state index in [4.69, 9.17) is 5.26 Å². The Morgan fingerprint density at radius 1 is 1.50 bits per heavy atom. The molecule has 0 aromatic carbocycles. The van der Waals surface area contributed by atoms with Gasteiger partial charge in [0.2, 0.25) is 0 Å². The maximum absolute atomic E-state index is 9.71. The van der Waals surface area contributed by atoms with Crippen molar-refractivity contribution < 1.29 is 5.11 Å². The van der Waals surface area contributed by atoms with Crippen LogP contribution in [0.2, 0.25) is 0 Å². The molecule has 0 atom stereocenters. The van der Waals surface area contributed by atoms with Crippen molar-refractivity contribution in [3.8, 4) is 6.07 Å². The van der Waals surface area contributed by atoms with Gasteiger partial charge in [0.25, 0.3) is 0 Å². The maximum atomic E-state index is 9.71. The second-order valence-corrected chi connectivity index (χ2v) is 4.71. The molecule has 2 heterocycles. The average Bonchev–Trinajstić information content (AvgIpc) is 2.12. The van der Waals surface area contributed by atoms with Crippen molar-refractivity contribution in [2.75, 3.05) is 18.0 Å². The zero-order chi connectivity index (χ0) is 11.9. The van der Waals surface area contributed by atoms with Crippen LogP contribution >= 0.6 is 0 Å². The van der Waals surface area contributed by atoms with E-state index < -0.39 is 5.60 Å². The van der Waals surface area contributed by atoms with Crippen molar-refractivity contribution in [3.63, 3.8) is 0 Å². The first-order valence-electron chi connectivity index (χ1n) is 5.28. The number of aryl methyl sites for hydroxylation is 2. The Morgan fingerprint density at radius 2 is 2.12 bits per heavy atom. The maximum Gasteiger partial charge on any atom is 0.103 e. The van der Waals surface area contributed by atoms with E-state index in [1.54, 1.807) is 6.92 Å². The first kappa shape index (κ1) is 10.9. The van der Waals surface area contributed by atoms with Gasteiger partial charge in [0, 0.05) is 18.8 Å². The zero-order valence-corrected chi connectivity index (χ0v) is 9.78. The number of β-amino-alcohol motifs (C(OH)–C–C–N with tert-alkyl or cyclic N) is 1. The summed E-state index contributed by atoms with van der Waals surface area (Å²) in [6.07, 6.45) is 0. The average molecular weight is 217 g/mol.